The molecule has 1 aromatic heterocycles. The number of nitrogens with zero attached hydrogens (tertiary/aromatic N) is 3. The summed E-state index contributed by atoms with van der Waals surface area (Å²) in [4.78, 5) is 33.1. The number of oxazole rings is 1. The lowest BCUT2D eigenvalue weighted by Crippen LogP contribution is -2.47. The highest BCUT2D eigenvalue weighted by atomic mass is 16.4. The molecule has 2 aliphatic heterocycles. The van der Waals surface area contributed by atoms with E-state index in [2.05, 4.69) is 10.3 Å². The maximum Gasteiger partial charge on any atom is 0.319 e. The van der Waals surface area contributed by atoms with Crippen molar-refractivity contribution in [2.45, 2.75) is 25.7 Å². The fourth-order valence-corrected chi connectivity index (χ4v) is 3.72. The Morgan fingerprint density at radius 2 is 1.67 bits per heavy atom. The van der Waals surface area contributed by atoms with Crippen LogP contribution in [0.25, 0.3) is 11.3 Å². The number of nitrogens with one attached hydrogen (secondary N) is 1. The van der Waals surface area contributed by atoms with Gasteiger partial charge in [0.2, 0.25) is 5.91 Å². The van der Waals surface area contributed by atoms with Crippen LogP contribution in [0.3, 0.4) is 0 Å². The number of hydrogen-bond acceptors (Lipinski definition) is 4. The van der Waals surface area contributed by atoms with Crippen molar-refractivity contribution in [2.75, 3.05) is 31.5 Å². The molecule has 27 heavy (non-hydrogen) atoms. The second kappa shape index (κ2) is 7.82. The molecule has 0 saturated carbocycles. The van der Waals surface area contributed by atoms with Crippen LogP contribution in [0.5, 0.6) is 0 Å². The summed E-state index contributed by atoms with van der Waals surface area (Å²) in [5.74, 6) is -0.218. The smallest absolute Gasteiger partial charge is 0.319 e. The van der Waals surface area contributed by atoms with Crippen molar-refractivity contribution in [1.82, 2.24) is 14.8 Å². The van der Waals surface area contributed by atoms with E-state index in [1.54, 1.807) is 6.26 Å². The highest BCUT2D eigenvalue weighted by Crippen LogP contribution is 2.23. The number of hydrogen-bond donors (Lipinski definition) is 1. The number of rotatable bonds is 3. The van der Waals surface area contributed by atoms with E-state index in [0.717, 1.165) is 31.5 Å². The number of aromatic nitrogens is 1. The van der Waals surface area contributed by atoms with Gasteiger partial charge in [0.25, 0.3) is 0 Å². The second-order valence-electron chi connectivity index (χ2n) is 7.13. The molecule has 0 unspecified atom stereocenters. The number of likely N-dealkylation sites (tertiary alicyclic amines) is 2. The van der Waals surface area contributed by atoms with E-state index < -0.39 is 0 Å². The van der Waals surface area contributed by atoms with E-state index in [4.69, 9.17) is 4.42 Å². The molecule has 7 nitrogen and oxygen atoms in total. The first-order chi connectivity index (χ1) is 13.2. The van der Waals surface area contributed by atoms with Crippen LogP contribution in [-0.4, -0.2) is 52.9 Å². The molecule has 0 bridgehead atoms. The second-order valence-corrected chi connectivity index (χ2v) is 7.13. The molecule has 1 aromatic carbocycles. The van der Waals surface area contributed by atoms with Crippen LogP contribution in [0.4, 0.5) is 10.8 Å². The standard InChI is InChI=1S/C20H24N4O3/c25-18(22-19-21-17(14-27-19)15-6-2-1-3-7-15)16-8-12-24(13-9-16)20(26)23-10-4-5-11-23/h1-3,6-7,14,16H,4-5,8-13H2,(H,21,22,25). The Bertz CT molecular complexity index is 791. The minimum absolute atomic E-state index is 0.0928. The number of benzene rings is 1. The van der Waals surface area contributed by atoms with E-state index in [0.29, 0.717) is 31.6 Å². The van der Waals surface area contributed by atoms with E-state index in [9.17, 15) is 9.59 Å². The highest BCUT2D eigenvalue weighted by molar-refractivity contribution is 5.91. The van der Waals surface area contributed by atoms with Gasteiger partial charge in [0.1, 0.15) is 12.0 Å². The van der Waals surface area contributed by atoms with Gasteiger partial charge in [-0.25, -0.2) is 4.79 Å². The molecular weight excluding hydrogens is 344 g/mol. The maximum absolute atomic E-state index is 12.5. The Morgan fingerprint density at radius 1 is 1.00 bits per heavy atom. The van der Waals surface area contributed by atoms with Gasteiger partial charge < -0.3 is 14.2 Å². The molecule has 0 spiro atoms. The number of amides is 3. The Morgan fingerprint density at radius 3 is 2.37 bits per heavy atom. The summed E-state index contributed by atoms with van der Waals surface area (Å²) in [6.07, 6.45) is 5.05. The highest BCUT2D eigenvalue weighted by Gasteiger charge is 2.30. The average molecular weight is 368 g/mol. The molecule has 2 aromatic rings. The number of carbonyl (C=O) groups is 2. The first kappa shape index (κ1) is 17.6. The summed E-state index contributed by atoms with van der Waals surface area (Å²) < 4.78 is 5.39. The summed E-state index contributed by atoms with van der Waals surface area (Å²) in [7, 11) is 0. The normalized spacial score (nSPS) is 17.9. The molecular formula is C20H24N4O3. The summed E-state index contributed by atoms with van der Waals surface area (Å²) >= 11 is 0. The Hall–Kier alpha value is -2.83. The van der Waals surface area contributed by atoms with Gasteiger partial charge in [-0.05, 0) is 25.7 Å². The van der Waals surface area contributed by atoms with Crippen molar-refractivity contribution in [1.29, 1.82) is 0 Å². The topological polar surface area (TPSA) is 78.7 Å². The van der Waals surface area contributed by atoms with Gasteiger partial charge in [0, 0.05) is 37.7 Å². The molecule has 2 fully saturated rings. The third-order valence-corrected chi connectivity index (χ3v) is 5.32. The van der Waals surface area contributed by atoms with E-state index >= 15 is 0 Å². The van der Waals surface area contributed by atoms with Crippen molar-refractivity contribution in [2.24, 2.45) is 5.92 Å². The quantitative estimate of drug-likeness (QED) is 0.902. The van der Waals surface area contributed by atoms with Gasteiger partial charge in [0.15, 0.2) is 0 Å². The van der Waals surface area contributed by atoms with Crippen LogP contribution in [0.2, 0.25) is 0 Å². The molecule has 4 rings (SSSR count). The minimum Gasteiger partial charge on any atom is -0.431 e. The van der Waals surface area contributed by atoms with Crippen LogP contribution in [0, 0.1) is 5.92 Å². The third-order valence-electron chi connectivity index (χ3n) is 5.32. The SMILES string of the molecule is O=C(Nc1nc(-c2ccccc2)co1)C1CCN(C(=O)N2CCCC2)CC1. The summed E-state index contributed by atoms with van der Waals surface area (Å²) in [5, 5.41) is 2.77. The lowest BCUT2D eigenvalue weighted by molar-refractivity contribution is -0.121. The van der Waals surface area contributed by atoms with Crippen molar-refractivity contribution >= 4 is 18.0 Å². The number of carbonyl (C=O) groups excluding carboxylic acids is 2. The molecule has 2 aliphatic rings. The molecule has 142 valence electrons. The maximum atomic E-state index is 12.5. The molecule has 3 heterocycles. The van der Waals surface area contributed by atoms with Crippen LogP contribution >= 0.6 is 0 Å². The third kappa shape index (κ3) is 3.97. The van der Waals surface area contributed by atoms with Gasteiger partial charge in [-0.2, -0.15) is 4.98 Å². The Labute approximate surface area is 158 Å². The Balaban J connectivity index is 1.30. The van der Waals surface area contributed by atoms with Gasteiger partial charge in [-0.3, -0.25) is 10.1 Å². The van der Waals surface area contributed by atoms with E-state index in [1.807, 2.05) is 40.1 Å². The van der Waals surface area contributed by atoms with Gasteiger partial charge >= 0.3 is 12.0 Å². The summed E-state index contributed by atoms with van der Waals surface area (Å²) in [6.45, 7) is 2.95. The van der Waals surface area contributed by atoms with Gasteiger partial charge in [-0.15, -0.1) is 0 Å². The first-order valence-corrected chi connectivity index (χ1v) is 9.56. The molecule has 2 saturated heterocycles. The average Bonchev–Trinajstić information content (AvgIpc) is 3.40. The molecule has 7 heteroatoms. The number of anilines is 1. The molecule has 0 radical (unpaired) electrons. The van der Waals surface area contributed by atoms with Crippen molar-refractivity contribution in [3.8, 4) is 11.3 Å². The van der Waals surface area contributed by atoms with Crippen LogP contribution in [-0.2, 0) is 4.79 Å². The summed E-state index contributed by atoms with van der Waals surface area (Å²) in [5.41, 5.74) is 1.63. The number of piperidine rings is 1. The fourth-order valence-electron chi connectivity index (χ4n) is 3.72. The van der Waals surface area contributed by atoms with Gasteiger partial charge in [0.05, 0.1) is 0 Å². The molecule has 0 aliphatic carbocycles. The molecule has 1 N–H and O–H groups in total. The monoisotopic (exact) mass is 368 g/mol. The fraction of sp³-hybridized carbons (Fsp3) is 0.450. The van der Waals surface area contributed by atoms with Crippen LogP contribution in [0.15, 0.2) is 41.0 Å². The zero-order valence-corrected chi connectivity index (χ0v) is 15.3. The lowest BCUT2D eigenvalue weighted by Gasteiger charge is -2.33. The molecule has 0 atom stereocenters. The number of urea groups is 1. The Kier molecular flexibility index (Phi) is 5.09. The largest absolute Gasteiger partial charge is 0.431 e. The first-order valence-electron chi connectivity index (χ1n) is 9.56. The van der Waals surface area contributed by atoms with E-state index in [1.165, 1.54) is 0 Å². The minimum atomic E-state index is -0.125. The predicted octanol–water partition coefficient (Wildman–Crippen LogP) is 3.21. The predicted molar refractivity (Wildman–Crippen MR) is 101 cm³/mol. The van der Waals surface area contributed by atoms with Crippen molar-refractivity contribution in [3.05, 3.63) is 36.6 Å². The van der Waals surface area contributed by atoms with Crippen molar-refractivity contribution in [3.63, 3.8) is 0 Å². The van der Waals surface area contributed by atoms with Crippen molar-refractivity contribution < 1.29 is 14.0 Å². The zero-order chi connectivity index (χ0) is 18.6. The van der Waals surface area contributed by atoms with Crippen LogP contribution in [0.1, 0.15) is 25.7 Å². The zero-order valence-electron chi connectivity index (χ0n) is 15.3. The lowest BCUT2D eigenvalue weighted by atomic mass is 9.96. The molecule has 3 amide bonds. The summed E-state index contributed by atoms with van der Waals surface area (Å²) in [6, 6.07) is 10.0. The van der Waals surface area contributed by atoms with E-state index in [-0.39, 0.29) is 23.9 Å². The van der Waals surface area contributed by atoms with Crippen LogP contribution < -0.4 is 5.32 Å². The van der Waals surface area contributed by atoms with Gasteiger partial charge in [-0.1, -0.05) is 30.3 Å².